The Hall–Kier alpha value is -1.14. The molecule has 37 heavy (non-hydrogen) atoms. The van der Waals surface area contributed by atoms with Crippen molar-refractivity contribution < 1.29 is 19.1 Å². The van der Waals surface area contributed by atoms with Crippen LogP contribution in [-0.2, 0) is 19.1 Å². The van der Waals surface area contributed by atoms with E-state index in [0.29, 0.717) is 6.54 Å². The maximum atomic E-state index is 12.6. The summed E-state index contributed by atoms with van der Waals surface area (Å²) in [5.74, 6) is 0.459. The van der Waals surface area contributed by atoms with Crippen LogP contribution in [0, 0.1) is 5.92 Å². The highest BCUT2D eigenvalue weighted by Gasteiger charge is 2.17. The van der Waals surface area contributed by atoms with Crippen LogP contribution >= 0.6 is 0 Å². The Morgan fingerprint density at radius 2 is 1.16 bits per heavy atom. The number of amides is 2. The topological polar surface area (TPSA) is 76.7 Å². The van der Waals surface area contributed by atoms with Crippen molar-refractivity contribution in [2.45, 2.75) is 149 Å². The zero-order valence-electron chi connectivity index (χ0n) is 25.1. The van der Waals surface area contributed by atoms with E-state index in [1.807, 2.05) is 0 Å². The molecular weight excluding hydrogens is 464 g/mol. The van der Waals surface area contributed by atoms with E-state index < -0.39 is 0 Å². The van der Waals surface area contributed by atoms with Gasteiger partial charge >= 0.3 is 0 Å². The Bertz CT molecular complexity index is 509. The molecule has 0 aromatic carbocycles. The molecule has 0 spiro atoms. The molecule has 2 amide bonds. The molecule has 6 nitrogen and oxygen atoms in total. The van der Waals surface area contributed by atoms with Gasteiger partial charge in [0.25, 0.3) is 0 Å². The normalized spacial score (nSPS) is 12.1. The average Bonchev–Trinajstić information content (AvgIpc) is 2.89. The van der Waals surface area contributed by atoms with E-state index in [2.05, 4.69) is 38.3 Å². The van der Waals surface area contributed by atoms with Crippen LogP contribution in [0.2, 0.25) is 0 Å². The molecule has 2 N–H and O–H groups in total. The maximum Gasteiger partial charge on any atom is 0.246 e. The van der Waals surface area contributed by atoms with E-state index in [1.54, 1.807) is 0 Å². The molecular formula is C31H62N2O4. The standard InChI is InChI=1S/C31H62N2O4/c1-5-9-11-14-22-28(21-10-6-2)31(35)33-24-16-13-18-26-36-25-17-12-15-23-32-30(34)27-37-29(19-7-3)20-8-4/h28-29H,5-27H2,1-4H3,(H,32,34)(H,33,35). The van der Waals surface area contributed by atoms with Crippen LogP contribution in [0.25, 0.3) is 0 Å². The largest absolute Gasteiger partial charge is 0.381 e. The fourth-order valence-corrected chi connectivity index (χ4v) is 4.57. The van der Waals surface area contributed by atoms with Gasteiger partial charge in [0.15, 0.2) is 0 Å². The molecule has 1 atom stereocenters. The molecule has 0 aliphatic heterocycles. The fourth-order valence-electron chi connectivity index (χ4n) is 4.57. The molecule has 0 aliphatic rings. The summed E-state index contributed by atoms with van der Waals surface area (Å²) in [4.78, 5) is 24.5. The number of hydrogen-bond donors (Lipinski definition) is 2. The lowest BCUT2D eigenvalue weighted by Gasteiger charge is -2.16. The molecule has 0 saturated heterocycles. The zero-order valence-corrected chi connectivity index (χ0v) is 25.1. The summed E-state index contributed by atoms with van der Waals surface area (Å²) in [5.41, 5.74) is 0. The quantitative estimate of drug-likeness (QED) is 0.105. The van der Waals surface area contributed by atoms with Crippen LogP contribution in [0.1, 0.15) is 143 Å². The second-order valence-electron chi connectivity index (χ2n) is 10.6. The van der Waals surface area contributed by atoms with Crippen LogP contribution in [0.3, 0.4) is 0 Å². The minimum absolute atomic E-state index is 0.00639. The first-order valence-electron chi connectivity index (χ1n) is 15.8. The Morgan fingerprint density at radius 1 is 0.595 bits per heavy atom. The van der Waals surface area contributed by atoms with Gasteiger partial charge in [-0.25, -0.2) is 0 Å². The fraction of sp³-hybridized carbons (Fsp3) is 0.935. The van der Waals surface area contributed by atoms with Gasteiger partial charge < -0.3 is 20.1 Å². The maximum absolute atomic E-state index is 12.6. The highest BCUT2D eigenvalue weighted by Crippen LogP contribution is 2.17. The van der Waals surface area contributed by atoms with Crippen LogP contribution in [0.4, 0.5) is 0 Å². The minimum Gasteiger partial charge on any atom is -0.381 e. The molecule has 1 unspecified atom stereocenters. The molecule has 0 saturated carbocycles. The summed E-state index contributed by atoms with van der Waals surface area (Å²) in [6.07, 6.45) is 19.9. The van der Waals surface area contributed by atoms with Crippen LogP contribution in [0.5, 0.6) is 0 Å². The monoisotopic (exact) mass is 526 g/mol. The third-order valence-corrected chi connectivity index (χ3v) is 6.91. The second kappa shape index (κ2) is 27.9. The van der Waals surface area contributed by atoms with Crippen molar-refractivity contribution in [3.8, 4) is 0 Å². The first kappa shape index (κ1) is 35.9. The van der Waals surface area contributed by atoms with Gasteiger partial charge in [-0.05, 0) is 64.2 Å². The first-order chi connectivity index (χ1) is 18.1. The number of ether oxygens (including phenoxy) is 2. The summed E-state index contributed by atoms with van der Waals surface area (Å²) >= 11 is 0. The van der Waals surface area contributed by atoms with Gasteiger partial charge in [0.1, 0.15) is 6.61 Å². The first-order valence-corrected chi connectivity index (χ1v) is 15.8. The van der Waals surface area contributed by atoms with Crippen molar-refractivity contribution in [2.24, 2.45) is 5.92 Å². The van der Waals surface area contributed by atoms with Crippen LogP contribution in [0.15, 0.2) is 0 Å². The highest BCUT2D eigenvalue weighted by molar-refractivity contribution is 5.78. The molecule has 0 fully saturated rings. The molecule has 0 bridgehead atoms. The second-order valence-corrected chi connectivity index (χ2v) is 10.6. The number of carbonyl (C=O) groups is 2. The Labute approximate surface area is 229 Å². The molecule has 0 aliphatic carbocycles. The Morgan fingerprint density at radius 3 is 1.76 bits per heavy atom. The Balaban J connectivity index is 3.60. The summed E-state index contributed by atoms with van der Waals surface area (Å²) in [6.45, 7) is 12.0. The number of nitrogens with one attached hydrogen (secondary N) is 2. The van der Waals surface area contributed by atoms with E-state index in [9.17, 15) is 9.59 Å². The molecule has 6 heteroatoms. The Kier molecular flexibility index (Phi) is 27.0. The van der Waals surface area contributed by atoms with Gasteiger partial charge in [0.05, 0.1) is 6.10 Å². The van der Waals surface area contributed by atoms with Crippen LogP contribution < -0.4 is 10.6 Å². The molecule has 0 aromatic heterocycles. The molecule has 0 aromatic rings. The summed E-state index contributed by atoms with van der Waals surface area (Å²) in [7, 11) is 0. The minimum atomic E-state index is -0.00639. The smallest absolute Gasteiger partial charge is 0.246 e. The van der Waals surface area contributed by atoms with Crippen molar-refractivity contribution in [2.75, 3.05) is 32.9 Å². The van der Waals surface area contributed by atoms with E-state index >= 15 is 0 Å². The van der Waals surface area contributed by atoms with Gasteiger partial charge in [-0.2, -0.15) is 0 Å². The lowest BCUT2D eigenvalue weighted by molar-refractivity contribution is -0.128. The summed E-state index contributed by atoms with van der Waals surface area (Å²) in [6, 6.07) is 0. The van der Waals surface area contributed by atoms with Gasteiger partial charge in [-0.15, -0.1) is 0 Å². The molecule has 0 radical (unpaired) electrons. The van der Waals surface area contributed by atoms with Crippen molar-refractivity contribution in [3.63, 3.8) is 0 Å². The predicted octanol–water partition coefficient (Wildman–Crippen LogP) is 7.34. The van der Waals surface area contributed by atoms with Crippen molar-refractivity contribution in [3.05, 3.63) is 0 Å². The van der Waals surface area contributed by atoms with Gasteiger partial charge in [-0.1, -0.05) is 79.1 Å². The van der Waals surface area contributed by atoms with E-state index in [-0.39, 0.29) is 30.4 Å². The van der Waals surface area contributed by atoms with Gasteiger partial charge in [-0.3, -0.25) is 9.59 Å². The number of hydrogen-bond acceptors (Lipinski definition) is 4. The lowest BCUT2D eigenvalue weighted by atomic mass is 9.94. The predicted molar refractivity (Wildman–Crippen MR) is 156 cm³/mol. The third-order valence-electron chi connectivity index (χ3n) is 6.91. The number of carbonyl (C=O) groups excluding carboxylic acids is 2. The lowest BCUT2D eigenvalue weighted by Crippen LogP contribution is -2.31. The van der Waals surface area contributed by atoms with E-state index in [1.165, 1.54) is 25.7 Å². The van der Waals surface area contributed by atoms with Gasteiger partial charge in [0.2, 0.25) is 11.8 Å². The van der Waals surface area contributed by atoms with E-state index in [0.717, 1.165) is 110 Å². The zero-order chi connectivity index (χ0) is 27.4. The van der Waals surface area contributed by atoms with Crippen LogP contribution in [-0.4, -0.2) is 50.8 Å². The molecule has 0 heterocycles. The summed E-state index contributed by atoms with van der Waals surface area (Å²) < 4.78 is 11.5. The third kappa shape index (κ3) is 23.7. The van der Waals surface area contributed by atoms with Gasteiger partial charge in [0, 0.05) is 32.2 Å². The highest BCUT2D eigenvalue weighted by atomic mass is 16.5. The van der Waals surface area contributed by atoms with Crippen molar-refractivity contribution >= 4 is 11.8 Å². The molecule has 0 rings (SSSR count). The number of rotatable bonds is 28. The molecule has 220 valence electrons. The summed E-state index contributed by atoms with van der Waals surface area (Å²) in [5, 5.41) is 6.14. The van der Waals surface area contributed by atoms with Crippen molar-refractivity contribution in [1.29, 1.82) is 0 Å². The van der Waals surface area contributed by atoms with Crippen molar-refractivity contribution in [1.82, 2.24) is 10.6 Å². The number of unbranched alkanes of at least 4 members (excludes halogenated alkanes) is 8. The SMILES string of the molecule is CCCCCCC(CCCC)C(=O)NCCCCCOCCCCCNC(=O)COC(CCC)CCC. The van der Waals surface area contributed by atoms with E-state index in [4.69, 9.17) is 9.47 Å². The average molecular weight is 527 g/mol.